The normalized spacial score (nSPS) is 35.8. The van der Waals surface area contributed by atoms with Gasteiger partial charge in [-0.1, -0.05) is 42.0 Å². The molecule has 0 radical (unpaired) electrons. The average Bonchev–Trinajstić information content (AvgIpc) is 3.00. The van der Waals surface area contributed by atoms with E-state index in [-0.39, 0.29) is 32.2 Å². The van der Waals surface area contributed by atoms with Gasteiger partial charge in [-0.3, -0.25) is 14.4 Å². The Balaban J connectivity index is 1.66. The van der Waals surface area contributed by atoms with Crippen molar-refractivity contribution in [3.05, 3.63) is 53.6 Å². The van der Waals surface area contributed by atoms with Crippen molar-refractivity contribution in [2.75, 3.05) is 31.2 Å². The summed E-state index contributed by atoms with van der Waals surface area (Å²) < 4.78 is 11.8. The van der Waals surface area contributed by atoms with Crippen molar-refractivity contribution in [3.63, 3.8) is 0 Å². The van der Waals surface area contributed by atoms with Crippen molar-refractivity contribution in [1.82, 2.24) is 4.90 Å². The zero-order valence-electron chi connectivity index (χ0n) is 17.4. The summed E-state index contributed by atoms with van der Waals surface area (Å²) in [6.07, 6.45) is 6.94. The maximum absolute atomic E-state index is 13.9. The van der Waals surface area contributed by atoms with Crippen LogP contribution in [0.15, 0.2) is 48.6 Å². The molecule has 168 valence electrons. The van der Waals surface area contributed by atoms with Crippen LogP contribution in [0.25, 0.3) is 0 Å². The first kappa shape index (κ1) is 21.2. The highest BCUT2D eigenvalue weighted by Crippen LogP contribution is 2.57. The number of rotatable bonds is 3. The molecule has 1 aromatic carbocycles. The molecule has 2 amide bonds. The molecule has 5 rings (SSSR count). The van der Waals surface area contributed by atoms with Crippen LogP contribution < -0.4 is 4.90 Å². The number of cyclic esters (lactones) is 1. The molecule has 0 aromatic heterocycles. The predicted molar refractivity (Wildman–Crippen MR) is 115 cm³/mol. The molecule has 4 heterocycles. The van der Waals surface area contributed by atoms with Crippen LogP contribution in [0.3, 0.4) is 0 Å². The Labute approximate surface area is 190 Å². The molecule has 0 aliphatic carbocycles. The number of aliphatic hydroxyl groups is 1. The van der Waals surface area contributed by atoms with Gasteiger partial charge in [-0.05, 0) is 25.1 Å². The minimum absolute atomic E-state index is 0.0601. The third kappa shape index (κ3) is 2.79. The van der Waals surface area contributed by atoms with E-state index in [9.17, 15) is 19.5 Å². The van der Waals surface area contributed by atoms with Gasteiger partial charge in [0.1, 0.15) is 24.2 Å². The average molecular weight is 459 g/mol. The van der Waals surface area contributed by atoms with Gasteiger partial charge in [-0.2, -0.15) is 0 Å². The first-order valence-corrected chi connectivity index (χ1v) is 10.9. The van der Waals surface area contributed by atoms with Crippen molar-refractivity contribution in [3.8, 4) is 0 Å². The van der Waals surface area contributed by atoms with Gasteiger partial charge >= 0.3 is 5.97 Å². The Morgan fingerprint density at radius 1 is 1.12 bits per heavy atom. The second-order valence-corrected chi connectivity index (χ2v) is 8.99. The van der Waals surface area contributed by atoms with Gasteiger partial charge in [0.2, 0.25) is 5.91 Å². The van der Waals surface area contributed by atoms with E-state index in [4.69, 9.17) is 21.1 Å². The summed E-state index contributed by atoms with van der Waals surface area (Å²) in [5, 5.41) is 10.1. The highest BCUT2D eigenvalue weighted by Gasteiger charge is 2.74. The van der Waals surface area contributed by atoms with Gasteiger partial charge in [-0.25, -0.2) is 0 Å². The molecular formula is C23H23ClN2O6. The first-order valence-electron chi connectivity index (χ1n) is 10.5. The van der Waals surface area contributed by atoms with Gasteiger partial charge in [0.05, 0.1) is 28.8 Å². The Morgan fingerprint density at radius 2 is 1.91 bits per heavy atom. The fourth-order valence-electron chi connectivity index (χ4n) is 5.59. The fraction of sp³-hybridized carbons (Fsp3) is 0.435. The van der Waals surface area contributed by atoms with Crippen molar-refractivity contribution >= 4 is 35.1 Å². The lowest BCUT2D eigenvalue weighted by Gasteiger charge is -2.37. The summed E-state index contributed by atoms with van der Waals surface area (Å²) in [6.45, 7) is 1.67. The lowest BCUT2D eigenvalue weighted by Crippen LogP contribution is -2.56. The lowest BCUT2D eigenvalue weighted by atomic mass is 9.75. The van der Waals surface area contributed by atoms with E-state index in [1.165, 1.54) is 9.80 Å². The van der Waals surface area contributed by atoms with Crippen molar-refractivity contribution in [2.45, 2.75) is 24.2 Å². The molecular weight excluding hydrogens is 436 g/mol. The van der Waals surface area contributed by atoms with Crippen molar-refractivity contribution in [1.29, 1.82) is 0 Å². The van der Waals surface area contributed by atoms with Crippen LogP contribution >= 0.6 is 11.6 Å². The standard InChI is InChI=1S/C23H23ClN2O6/c1-22-8-5-13-31-21(30)17(22)16-19(28)26(11-12-27)18-20(29)25(10-4-9-23(16,18)32-22)15-7-3-2-6-14(15)24/h2-9,16-18,27H,10-13H2,1H3/t16-,17-,18?,22+,23-/m0/s1. The van der Waals surface area contributed by atoms with Crippen LogP contribution in [-0.4, -0.2) is 71.3 Å². The highest BCUT2D eigenvalue weighted by atomic mass is 35.5. The number of hydrogen-bond acceptors (Lipinski definition) is 6. The van der Waals surface area contributed by atoms with Crippen molar-refractivity contribution < 1.29 is 29.0 Å². The van der Waals surface area contributed by atoms with Crippen LogP contribution in [0.2, 0.25) is 5.02 Å². The quantitative estimate of drug-likeness (QED) is 0.542. The van der Waals surface area contributed by atoms with Crippen molar-refractivity contribution in [2.24, 2.45) is 11.8 Å². The second-order valence-electron chi connectivity index (χ2n) is 8.59. The van der Waals surface area contributed by atoms with E-state index in [1.807, 2.05) is 0 Å². The molecule has 1 N–H and O–H groups in total. The Kier molecular flexibility index (Phi) is 4.92. The summed E-state index contributed by atoms with van der Waals surface area (Å²) in [7, 11) is 0. The van der Waals surface area contributed by atoms with E-state index >= 15 is 0 Å². The number of benzene rings is 1. The van der Waals surface area contributed by atoms with E-state index in [2.05, 4.69) is 0 Å². The van der Waals surface area contributed by atoms with Gasteiger partial charge < -0.3 is 24.4 Å². The molecule has 0 saturated carbocycles. The minimum Gasteiger partial charge on any atom is -0.461 e. The monoisotopic (exact) mass is 458 g/mol. The molecule has 4 aliphatic heterocycles. The lowest BCUT2D eigenvalue weighted by molar-refractivity contribution is -0.156. The number of carbonyl (C=O) groups excluding carboxylic acids is 3. The van der Waals surface area contributed by atoms with Crippen LogP contribution in [0.4, 0.5) is 5.69 Å². The Hall–Kier alpha value is -2.68. The minimum atomic E-state index is -1.38. The number of halogens is 1. The molecule has 2 fully saturated rings. The van der Waals surface area contributed by atoms with E-state index in [1.54, 1.807) is 55.5 Å². The third-order valence-electron chi connectivity index (χ3n) is 6.80. The molecule has 1 spiro atoms. The largest absolute Gasteiger partial charge is 0.461 e. The highest BCUT2D eigenvalue weighted by molar-refractivity contribution is 6.34. The van der Waals surface area contributed by atoms with E-state index < -0.39 is 41.0 Å². The van der Waals surface area contributed by atoms with Gasteiger partial charge in [0.15, 0.2) is 0 Å². The van der Waals surface area contributed by atoms with Gasteiger partial charge in [0, 0.05) is 13.1 Å². The fourth-order valence-corrected chi connectivity index (χ4v) is 5.83. The third-order valence-corrected chi connectivity index (χ3v) is 7.12. The maximum Gasteiger partial charge on any atom is 0.313 e. The Bertz CT molecular complexity index is 1060. The van der Waals surface area contributed by atoms with Crippen LogP contribution in [0, 0.1) is 11.8 Å². The SMILES string of the molecule is C[C@@]12C=CCOC(=O)[C@@H]1[C@H]1C(=O)N(CCO)C3C(=O)N(c4ccccc4Cl)CC=C[C@@]31O2. The number of aliphatic hydroxyl groups excluding tert-OH is 1. The number of β-amino-alcohol motifs (C(OH)–C–C–N with tert-alkyl or cyclic N) is 1. The Morgan fingerprint density at radius 3 is 2.66 bits per heavy atom. The number of hydrogen-bond donors (Lipinski definition) is 1. The first-order chi connectivity index (χ1) is 15.3. The molecule has 5 atom stereocenters. The number of esters is 1. The number of para-hydroxylation sites is 1. The van der Waals surface area contributed by atoms with Gasteiger partial charge in [0.25, 0.3) is 5.91 Å². The zero-order valence-corrected chi connectivity index (χ0v) is 18.2. The molecule has 1 aromatic rings. The number of carbonyl (C=O) groups is 3. The number of ether oxygens (including phenoxy) is 2. The summed E-state index contributed by atoms with van der Waals surface area (Å²) in [5.74, 6) is -3.20. The predicted octanol–water partition coefficient (Wildman–Crippen LogP) is 1.32. The number of likely N-dealkylation sites (tertiary alicyclic amines) is 1. The molecule has 1 unspecified atom stereocenters. The molecule has 2 saturated heterocycles. The molecule has 8 nitrogen and oxygen atoms in total. The molecule has 0 bridgehead atoms. The molecule has 9 heteroatoms. The maximum atomic E-state index is 13.9. The second kappa shape index (κ2) is 7.43. The van der Waals surface area contributed by atoms with E-state index in [0.717, 1.165) is 0 Å². The summed E-state index contributed by atoms with van der Waals surface area (Å²) >= 11 is 6.37. The zero-order chi connectivity index (χ0) is 22.7. The summed E-state index contributed by atoms with van der Waals surface area (Å²) in [4.78, 5) is 43.3. The van der Waals surface area contributed by atoms with E-state index in [0.29, 0.717) is 10.7 Å². The molecule has 4 aliphatic rings. The number of anilines is 1. The van der Waals surface area contributed by atoms with Crippen LogP contribution in [0.1, 0.15) is 6.92 Å². The topological polar surface area (TPSA) is 96.4 Å². The summed E-state index contributed by atoms with van der Waals surface area (Å²) in [5.41, 5.74) is -1.97. The number of fused-ring (bicyclic) bond motifs is 2. The van der Waals surface area contributed by atoms with Crippen LogP contribution in [0.5, 0.6) is 0 Å². The smallest absolute Gasteiger partial charge is 0.313 e. The summed E-state index contributed by atoms with van der Waals surface area (Å²) in [6, 6.07) is 5.91. The number of nitrogens with zero attached hydrogens (tertiary/aromatic N) is 2. The molecule has 32 heavy (non-hydrogen) atoms. The number of amides is 2. The van der Waals surface area contributed by atoms with Gasteiger partial charge in [-0.15, -0.1) is 0 Å². The van der Waals surface area contributed by atoms with Crippen LogP contribution in [-0.2, 0) is 23.9 Å².